The van der Waals surface area contributed by atoms with Crippen LogP contribution in [0.5, 0.6) is 5.75 Å². The summed E-state index contributed by atoms with van der Waals surface area (Å²) < 4.78 is 0. The summed E-state index contributed by atoms with van der Waals surface area (Å²) in [4.78, 5) is 6.90. The van der Waals surface area contributed by atoms with Crippen molar-refractivity contribution in [1.29, 1.82) is 0 Å². The van der Waals surface area contributed by atoms with Gasteiger partial charge in [-0.3, -0.25) is 4.99 Å². The predicted molar refractivity (Wildman–Crippen MR) is 103 cm³/mol. The Balaban J connectivity index is 2.41. The maximum Gasteiger partial charge on any atom is 0.116 e. The Morgan fingerprint density at radius 3 is 2.50 bits per heavy atom. The average molecular weight is 322 g/mol. The van der Waals surface area contributed by atoms with Gasteiger partial charge >= 0.3 is 0 Å². The number of aryl methyl sites for hydroxylation is 1. The third-order valence-corrected chi connectivity index (χ3v) is 3.91. The quantitative estimate of drug-likeness (QED) is 0.811. The maximum atomic E-state index is 9.87. The zero-order chi connectivity index (χ0) is 17.5. The molecule has 126 valence electrons. The summed E-state index contributed by atoms with van der Waals surface area (Å²) >= 11 is 0. The van der Waals surface area contributed by atoms with Crippen LogP contribution in [0.25, 0.3) is 5.57 Å². The fraction of sp³-hybridized carbons (Fsp3) is 0.286. The number of phenolic OH excluding ortho intramolecular Hbond substituents is 1. The number of allylic oxidation sites excluding steroid dienone is 2. The van der Waals surface area contributed by atoms with Crippen molar-refractivity contribution in [3.05, 3.63) is 71.3 Å². The van der Waals surface area contributed by atoms with Crippen LogP contribution in [-0.4, -0.2) is 42.9 Å². The molecule has 3 heteroatoms. The van der Waals surface area contributed by atoms with Gasteiger partial charge in [-0.25, -0.2) is 0 Å². The summed E-state index contributed by atoms with van der Waals surface area (Å²) in [5, 5.41) is 9.87. The van der Waals surface area contributed by atoms with Crippen LogP contribution >= 0.6 is 0 Å². The monoisotopic (exact) mass is 322 g/mol. The molecule has 0 fully saturated rings. The highest BCUT2D eigenvalue weighted by molar-refractivity contribution is 6.13. The van der Waals surface area contributed by atoms with Gasteiger partial charge in [-0.2, -0.15) is 0 Å². The molecule has 2 aromatic carbocycles. The van der Waals surface area contributed by atoms with E-state index >= 15 is 0 Å². The zero-order valence-corrected chi connectivity index (χ0v) is 15.0. The number of hydrogen-bond donors (Lipinski definition) is 1. The molecular weight excluding hydrogens is 296 g/mol. The van der Waals surface area contributed by atoms with Crippen molar-refractivity contribution < 1.29 is 5.11 Å². The lowest BCUT2D eigenvalue weighted by Gasteiger charge is -2.11. The molecule has 0 aliphatic heterocycles. The van der Waals surface area contributed by atoms with E-state index in [0.29, 0.717) is 0 Å². The summed E-state index contributed by atoms with van der Waals surface area (Å²) in [7, 11) is 4.08. The Labute approximate surface area is 145 Å². The molecule has 0 heterocycles. The lowest BCUT2D eigenvalue weighted by Crippen LogP contribution is -2.16. The van der Waals surface area contributed by atoms with Crippen LogP contribution in [0.15, 0.2) is 59.6 Å². The number of rotatable bonds is 6. The fourth-order valence-electron chi connectivity index (χ4n) is 2.45. The van der Waals surface area contributed by atoms with Crippen molar-refractivity contribution in [3.8, 4) is 5.75 Å². The molecule has 0 aliphatic carbocycles. The molecule has 2 rings (SSSR count). The van der Waals surface area contributed by atoms with E-state index in [9.17, 15) is 5.11 Å². The molecule has 0 bridgehead atoms. The van der Waals surface area contributed by atoms with Gasteiger partial charge in [0, 0.05) is 12.1 Å². The van der Waals surface area contributed by atoms with Crippen LogP contribution in [0.1, 0.15) is 23.6 Å². The van der Waals surface area contributed by atoms with Crippen LogP contribution in [0, 0.1) is 6.92 Å². The van der Waals surface area contributed by atoms with Crippen LogP contribution < -0.4 is 0 Å². The largest absolute Gasteiger partial charge is 0.508 e. The summed E-state index contributed by atoms with van der Waals surface area (Å²) in [5.74, 6) is 0.265. The number of hydrogen-bond acceptors (Lipinski definition) is 3. The first-order valence-corrected chi connectivity index (χ1v) is 8.20. The Hall–Kier alpha value is -2.39. The van der Waals surface area contributed by atoms with E-state index in [2.05, 4.69) is 30.0 Å². The minimum atomic E-state index is 0.265. The van der Waals surface area contributed by atoms with Gasteiger partial charge in [0.25, 0.3) is 0 Å². The maximum absolute atomic E-state index is 9.87. The second-order valence-electron chi connectivity index (χ2n) is 6.26. The van der Waals surface area contributed by atoms with Gasteiger partial charge in [0.1, 0.15) is 5.75 Å². The van der Waals surface area contributed by atoms with E-state index < -0.39 is 0 Å². The molecule has 0 aromatic heterocycles. The molecule has 0 spiro atoms. The molecule has 0 unspecified atom stereocenters. The first kappa shape index (κ1) is 18.0. The molecule has 0 amide bonds. The highest BCUT2D eigenvalue weighted by Gasteiger charge is 2.07. The number of aromatic hydroxyl groups is 1. The van der Waals surface area contributed by atoms with Crippen molar-refractivity contribution >= 4 is 11.3 Å². The second-order valence-corrected chi connectivity index (χ2v) is 6.26. The molecule has 3 nitrogen and oxygen atoms in total. The fourth-order valence-corrected chi connectivity index (χ4v) is 2.45. The van der Waals surface area contributed by atoms with Crippen LogP contribution in [0.4, 0.5) is 0 Å². The van der Waals surface area contributed by atoms with Crippen molar-refractivity contribution in [1.82, 2.24) is 4.90 Å². The Kier molecular flexibility index (Phi) is 6.33. The predicted octanol–water partition coefficient (Wildman–Crippen LogP) is 4.15. The van der Waals surface area contributed by atoms with Crippen molar-refractivity contribution in [2.45, 2.75) is 13.8 Å². The van der Waals surface area contributed by atoms with Gasteiger partial charge in [-0.1, -0.05) is 36.4 Å². The van der Waals surface area contributed by atoms with E-state index in [1.807, 2.05) is 45.3 Å². The van der Waals surface area contributed by atoms with Crippen LogP contribution in [0.2, 0.25) is 0 Å². The van der Waals surface area contributed by atoms with Crippen molar-refractivity contribution in [3.63, 3.8) is 0 Å². The Morgan fingerprint density at radius 2 is 1.83 bits per heavy atom. The Bertz CT molecular complexity index is 731. The van der Waals surface area contributed by atoms with Crippen LogP contribution in [0.3, 0.4) is 0 Å². The van der Waals surface area contributed by atoms with E-state index in [4.69, 9.17) is 4.99 Å². The molecule has 0 saturated carbocycles. The zero-order valence-electron chi connectivity index (χ0n) is 15.0. The van der Waals surface area contributed by atoms with Gasteiger partial charge in [0.15, 0.2) is 0 Å². The molecule has 0 saturated heterocycles. The molecular formula is C21H26N2O. The number of phenols is 1. The summed E-state index contributed by atoms with van der Waals surface area (Å²) in [6.07, 6.45) is 2.10. The highest BCUT2D eigenvalue weighted by Crippen LogP contribution is 2.20. The number of benzene rings is 2. The molecule has 1 N–H and O–H groups in total. The molecule has 0 aliphatic rings. The number of aliphatic imine (C=N–C) groups is 1. The van der Waals surface area contributed by atoms with Crippen molar-refractivity contribution in [2.24, 2.45) is 4.99 Å². The summed E-state index contributed by atoms with van der Waals surface area (Å²) in [6.45, 7) is 5.74. The first-order valence-electron chi connectivity index (χ1n) is 8.20. The minimum Gasteiger partial charge on any atom is -0.508 e. The first-order chi connectivity index (χ1) is 11.5. The normalized spacial score (nSPS) is 12.7. The van der Waals surface area contributed by atoms with Gasteiger partial charge in [0.05, 0.1) is 12.3 Å². The smallest absolute Gasteiger partial charge is 0.116 e. The standard InChI is InChI=1S/C21H26N2O/c1-16-10-11-19(24)15-20(16)21(22-12-13-23(3)4)14-17(2)18-8-6-5-7-9-18/h5-11,14-15,24H,12-13H2,1-4H3/b17-14+,22-21+. The number of nitrogens with zero attached hydrogens (tertiary/aromatic N) is 2. The Morgan fingerprint density at radius 1 is 1.12 bits per heavy atom. The summed E-state index contributed by atoms with van der Waals surface area (Å²) in [5.41, 5.74) is 5.32. The average Bonchev–Trinajstić information content (AvgIpc) is 2.56. The van der Waals surface area contributed by atoms with Crippen molar-refractivity contribution in [2.75, 3.05) is 27.2 Å². The molecule has 0 atom stereocenters. The van der Waals surface area contributed by atoms with E-state index in [-0.39, 0.29) is 5.75 Å². The SMILES string of the molecule is C/C(=C\C(=N/CCN(C)C)c1cc(O)ccc1C)c1ccccc1. The number of likely N-dealkylation sites (N-methyl/N-ethyl adjacent to an activating group) is 1. The highest BCUT2D eigenvalue weighted by atomic mass is 16.3. The van der Waals surface area contributed by atoms with E-state index in [1.165, 1.54) is 5.56 Å². The van der Waals surface area contributed by atoms with Gasteiger partial charge in [-0.15, -0.1) is 0 Å². The van der Waals surface area contributed by atoms with E-state index in [0.717, 1.165) is 35.5 Å². The molecule has 2 aromatic rings. The second kappa shape index (κ2) is 8.46. The van der Waals surface area contributed by atoms with Crippen LogP contribution in [-0.2, 0) is 0 Å². The van der Waals surface area contributed by atoms with Gasteiger partial charge in [0.2, 0.25) is 0 Å². The summed E-state index contributed by atoms with van der Waals surface area (Å²) in [6, 6.07) is 15.7. The van der Waals surface area contributed by atoms with Gasteiger partial charge in [-0.05, 0) is 62.9 Å². The topological polar surface area (TPSA) is 35.8 Å². The molecule has 24 heavy (non-hydrogen) atoms. The molecule has 0 radical (unpaired) electrons. The third-order valence-electron chi connectivity index (χ3n) is 3.91. The minimum absolute atomic E-state index is 0.265. The van der Waals surface area contributed by atoms with Gasteiger partial charge < -0.3 is 10.0 Å². The van der Waals surface area contributed by atoms with E-state index in [1.54, 1.807) is 12.1 Å². The third kappa shape index (κ3) is 5.07. The lowest BCUT2D eigenvalue weighted by atomic mass is 9.99. The lowest BCUT2D eigenvalue weighted by molar-refractivity contribution is 0.420.